The Morgan fingerprint density at radius 2 is 1.73 bits per heavy atom. The highest BCUT2D eigenvalue weighted by Crippen LogP contribution is 2.36. The number of hydrogen-bond donors (Lipinski definition) is 3. The average molecular weight is 362 g/mol. The Kier molecular flexibility index (Phi) is 3.82. The van der Waals surface area contributed by atoms with Crippen molar-refractivity contribution in [3.8, 4) is 22.8 Å². The molecule has 5 nitrogen and oxygen atoms in total. The molecule has 0 unspecified atom stereocenters. The molecule has 6 heteroatoms. The molecule has 0 aliphatic carbocycles. The SMILES string of the molecule is Nc1c(C(=O)c2ccc(O)c(O)c2)sc2nc(-c3ccccc3)ccc12. The van der Waals surface area contributed by atoms with Crippen LogP contribution >= 0.6 is 11.3 Å². The fraction of sp³-hybridized carbons (Fsp3) is 0. The Balaban J connectivity index is 1.79. The number of phenols is 2. The number of ketones is 1. The van der Waals surface area contributed by atoms with Gasteiger partial charge in [0.05, 0.1) is 11.4 Å². The number of thiophene rings is 1. The molecule has 2 heterocycles. The van der Waals surface area contributed by atoms with Gasteiger partial charge in [0.15, 0.2) is 11.5 Å². The van der Waals surface area contributed by atoms with E-state index in [2.05, 4.69) is 4.98 Å². The minimum absolute atomic E-state index is 0.252. The third-order valence-electron chi connectivity index (χ3n) is 4.11. The second-order valence-corrected chi connectivity index (χ2v) is 6.79. The summed E-state index contributed by atoms with van der Waals surface area (Å²) in [5.74, 6) is -0.942. The number of aromatic hydroxyl groups is 2. The molecule has 0 fully saturated rings. The number of rotatable bonds is 3. The van der Waals surface area contributed by atoms with Crippen LogP contribution in [0.3, 0.4) is 0 Å². The maximum atomic E-state index is 12.8. The molecule has 2 aromatic carbocycles. The van der Waals surface area contributed by atoms with E-state index >= 15 is 0 Å². The number of nitrogens with zero attached hydrogens (tertiary/aromatic N) is 1. The Bertz CT molecular complexity index is 1140. The van der Waals surface area contributed by atoms with Crippen molar-refractivity contribution in [2.75, 3.05) is 5.73 Å². The van der Waals surface area contributed by atoms with Gasteiger partial charge >= 0.3 is 0 Å². The molecule has 0 amide bonds. The number of phenolic OH excluding ortho intramolecular Hbond substituents is 2. The van der Waals surface area contributed by atoms with Gasteiger partial charge in [0.2, 0.25) is 5.78 Å². The van der Waals surface area contributed by atoms with E-state index in [-0.39, 0.29) is 22.8 Å². The van der Waals surface area contributed by atoms with Crippen molar-refractivity contribution in [3.63, 3.8) is 0 Å². The van der Waals surface area contributed by atoms with Crippen LogP contribution in [0.15, 0.2) is 60.7 Å². The number of carbonyl (C=O) groups is 1. The number of benzene rings is 2. The monoisotopic (exact) mass is 362 g/mol. The molecular weight excluding hydrogens is 348 g/mol. The van der Waals surface area contributed by atoms with Gasteiger partial charge in [0, 0.05) is 16.5 Å². The molecule has 2 aromatic heterocycles. The third kappa shape index (κ3) is 2.66. The van der Waals surface area contributed by atoms with Gasteiger partial charge in [-0.2, -0.15) is 0 Å². The summed E-state index contributed by atoms with van der Waals surface area (Å²) in [6, 6.07) is 17.4. The molecule has 0 aliphatic heterocycles. The first-order chi connectivity index (χ1) is 12.5. The van der Waals surface area contributed by atoms with Gasteiger partial charge in [0.1, 0.15) is 9.71 Å². The summed E-state index contributed by atoms with van der Waals surface area (Å²) in [4.78, 5) is 18.4. The topological polar surface area (TPSA) is 96.4 Å². The van der Waals surface area contributed by atoms with E-state index in [1.807, 2.05) is 42.5 Å². The Morgan fingerprint density at radius 1 is 0.962 bits per heavy atom. The first-order valence-corrected chi connectivity index (χ1v) is 8.67. The summed E-state index contributed by atoms with van der Waals surface area (Å²) in [7, 11) is 0. The lowest BCUT2D eigenvalue weighted by Crippen LogP contribution is -2.01. The van der Waals surface area contributed by atoms with Crippen molar-refractivity contribution < 1.29 is 15.0 Å². The van der Waals surface area contributed by atoms with Gasteiger partial charge < -0.3 is 15.9 Å². The molecule has 0 aliphatic rings. The number of nitrogen functional groups attached to an aromatic ring is 1. The van der Waals surface area contributed by atoms with Crippen molar-refractivity contribution in [2.45, 2.75) is 0 Å². The van der Waals surface area contributed by atoms with Crippen molar-refractivity contribution >= 4 is 33.0 Å². The molecule has 0 saturated heterocycles. The Hall–Kier alpha value is -3.38. The zero-order valence-corrected chi connectivity index (χ0v) is 14.3. The molecule has 128 valence electrons. The van der Waals surface area contributed by atoms with Crippen LogP contribution in [0.25, 0.3) is 21.5 Å². The van der Waals surface area contributed by atoms with Crippen LogP contribution in [0, 0.1) is 0 Å². The quantitative estimate of drug-likeness (QED) is 0.375. The number of pyridine rings is 1. The summed E-state index contributed by atoms with van der Waals surface area (Å²) < 4.78 is 0. The molecule has 26 heavy (non-hydrogen) atoms. The lowest BCUT2D eigenvalue weighted by molar-refractivity contribution is 0.104. The fourth-order valence-corrected chi connectivity index (χ4v) is 3.79. The minimum atomic E-state index is -0.347. The highest BCUT2D eigenvalue weighted by atomic mass is 32.1. The van der Waals surface area contributed by atoms with Crippen molar-refractivity contribution in [1.82, 2.24) is 4.98 Å². The molecule has 4 rings (SSSR count). The van der Waals surface area contributed by atoms with Crippen molar-refractivity contribution in [1.29, 1.82) is 0 Å². The van der Waals surface area contributed by atoms with E-state index in [1.54, 1.807) is 0 Å². The number of hydrogen-bond acceptors (Lipinski definition) is 6. The van der Waals surface area contributed by atoms with E-state index in [0.29, 0.717) is 15.4 Å². The Labute approximate surface area is 153 Å². The minimum Gasteiger partial charge on any atom is -0.504 e. The molecule has 0 radical (unpaired) electrons. The summed E-state index contributed by atoms with van der Waals surface area (Å²) in [6.45, 7) is 0. The smallest absolute Gasteiger partial charge is 0.205 e. The number of anilines is 1. The van der Waals surface area contributed by atoms with Crippen LogP contribution in [0.1, 0.15) is 15.2 Å². The number of aromatic nitrogens is 1. The van der Waals surface area contributed by atoms with Gasteiger partial charge in [-0.15, -0.1) is 11.3 Å². The van der Waals surface area contributed by atoms with Crippen LogP contribution in [0.2, 0.25) is 0 Å². The van der Waals surface area contributed by atoms with Gasteiger partial charge in [0.25, 0.3) is 0 Å². The van der Waals surface area contributed by atoms with Crippen LogP contribution in [-0.4, -0.2) is 21.0 Å². The van der Waals surface area contributed by atoms with Gasteiger partial charge in [-0.25, -0.2) is 4.98 Å². The maximum absolute atomic E-state index is 12.8. The fourth-order valence-electron chi connectivity index (χ4n) is 2.73. The maximum Gasteiger partial charge on any atom is 0.205 e. The van der Waals surface area contributed by atoms with Crippen LogP contribution in [0.4, 0.5) is 5.69 Å². The third-order valence-corrected chi connectivity index (χ3v) is 5.22. The molecule has 0 spiro atoms. The largest absolute Gasteiger partial charge is 0.504 e. The van der Waals surface area contributed by atoms with E-state index in [9.17, 15) is 15.0 Å². The normalized spacial score (nSPS) is 10.9. The van der Waals surface area contributed by atoms with E-state index in [4.69, 9.17) is 5.73 Å². The predicted molar refractivity (Wildman–Crippen MR) is 103 cm³/mol. The van der Waals surface area contributed by atoms with E-state index in [1.165, 1.54) is 29.5 Å². The van der Waals surface area contributed by atoms with E-state index in [0.717, 1.165) is 16.6 Å². The molecule has 0 saturated carbocycles. The zero-order valence-electron chi connectivity index (χ0n) is 13.5. The van der Waals surface area contributed by atoms with Crippen molar-refractivity contribution in [2.24, 2.45) is 0 Å². The lowest BCUT2D eigenvalue weighted by Gasteiger charge is -2.02. The molecule has 4 aromatic rings. The molecule has 0 atom stereocenters. The summed E-state index contributed by atoms with van der Waals surface area (Å²) in [5, 5.41) is 19.8. The molecular formula is C20H14N2O3S. The number of fused-ring (bicyclic) bond motifs is 1. The van der Waals surface area contributed by atoms with Crippen molar-refractivity contribution in [3.05, 3.63) is 71.1 Å². The summed E-state index contributed by atoms with van der Waals surface area (Å²) in [5.41, 5.74) is 8.58. The highest BCUT2D eigenvalue weighted by molar-refractivity contribution is 7.21. The second kappa shape index (κ2) is 6.16. The lowest BCUT2D eigenvalue weighted by atomic mass is 10.1. The van der Waals surface area contributed by atoms with E-state index < -0.39 is 0 Å². The van der Waals surface area contributed by atoms with Crippen LogP contribution in [0.5, 0.6) is 11.5 Å². The number of nitrogens with two attached hydrogens (primary N) is 1. The first kappa shape index (κ1) is 16.1. The summed E-state index contributed by atoms with van der Waals surface area (Å²) >= 11 is 1.22. The summed E-state index contributed by atoms with van der Waals surface area (Å²) in [6.07, 6.45) is 0. The molecule has 0 bridgehead atoms. The van der Waals surface area contributed by atoms with Crippen LogP contribution in [-0.2, 0) is 0 Å². The highest BCUT2D eigenvalue weighted by Gasteiger charge is 2.20. The number of carbonyl (C=O) groups excluding carboxylic acids is 1. The first-order valence-electron chi connectivity index (χ1n) is 7.85. The van der Waals surface area contributed by atoms with Gasteiger partial charge in [-0.05, 0) is 30.3 Å². The van der Waals surface area contributed by atoms with Gasteiger partial charge in [-0.1, -0.05) is 30.3 Å². The predicted octanol–water partition coefficient (Wildman–Crippen LogP) is 4.19. The average Bonchev–Trinajstić information content (AvgIpc) is 3.00. The second-order valence-electron chi connectivity index (χ2n) is 5.79. The molecule has 4 N–H and O–H groups in total. The van der Waals surface area contributed by atoms with Crippen LogP contribution < -0.4 is 5.73 Å². The van der Waals surface area contributed by atoms with Gasteiger partial charge in [-0.3, -0.25) is 4.79 Å². The standard InChI is InChI=1S/C20H14N2O3S/c21-17-13-7-8-14(11-4-2-1-3-5-11)22-20(13)26-19(17)18(25)12-6-9-15(23)16(24)10-12/h1-10,23-24H,21H2. The Morgan fingerprint density at radius 3 is 2.46 bits per heavy atom. The zero-order chi connectivity index (χ0) is 18.3.